The number of hydrogen-bond acceptors (Lipinski definition) is 8. The van der Waals surface area contributed by atoms with Gasteiger partial charge >= 0.3 is 0 Å². The lowest BCUT2D eigenvalue weighted by molar-refractivity contribution is -0.239. The van der Waals surface area contributed by atoms with Gasteiger partial charge in [0.1, 0.15) is 11.7 Å². The Morgan fingerprint density at radius 2 is 1.70 bits per heavy atom. The molecule has 232 valence electrons. The van der Waals surface area contributed by atoms with Gasteiger partial charge in [0.25, 0.3) is 10.0 Å². The van der Waals surface area contributed by atoms with Crippen molar-refractivity contribution in [2.75, 3.05) is 0 Å². The predicted molar refractivity (Wildman–Crippen MR) is 163 cm³/mol. The van der Waals surface area contributed by atoms with E-state index in [2.05, 4.69) is 43.5 Å². The van der Waals surface area contributed by atoms with Gasteiger partial charge in [-0.3, -0.25) is 9.59 Å². The zero-order chi connectivity index (χ0) is 31.6. The van der Waals surface area contributed by atoms with E-state index >= 15 is 0 Å². The Kier molecular flexibility index (Phi) is 6.42. The normalized spacial score (nSPS) is 45.5. The lowest BCUT2D eigenvalue weighted by Crippen LogP contribution is -2.74. The number of carbonyl (C=O) groups excluding carboxylic acids is 2. The van der Waals surface area contributed by atoms with Gasteiger partial charge in [-0.15, -0.1) is 11.3 Å². The molecule has 1 aromatic rings. The first-order chi connectivity index (χ1) is 19.7. The molecule has 8 nitrogen and oxygen atoms in total. The molecule has 5 aliphatic carbocycles. The van der Waals surface area contributed by atoms with E-state index < -0.39 is 48.7 Å². The van der Waals surface area contributed by atoms with Crippen molar-refractivity contribution in [2.24, 2.45) is 38.9 Å². The summed E-state index contributed by atoms with van der Waals surface area (Å²) < 4.78 is 29.5. The SMILES string of the molecule is CC1(C)C(=O)C(C#N)=C[C@]2(C)C3=CC(=O)[C@]4(O)[C@@H]5C[C@@](C)(NS(=O)(=O)c6nccs6)CC[C@]5(C)CC[C@@]4(C)[C@]3(C)CC[C@@H]12. The van der Waals surface area contributed by atoms with Gasteiger partial charge in [0, 0.05) is 39.3 Å². The Morgan fingerprint density at radius 1 is 1.02 bits per heavy atom. The Balaban J connectivity index is 1.47. The van der Waals surface area contributed by atoms with Crippen molar-refractivity contribution in [3.8, 4) is 6.07 Å². The zero-order valence-electron chi connectivity index (χ0n) is 26.2. The third kappa shape index (κ3) is 3.77. The van der Waals surface area contributed by atoms with Crippen LogP contribution in [0.1, 0.15) is 93.4 Å². The van der Waals surface area contributed by atoms with E-state index in [1.807, 2.05) is 20.8 Å². The highest BCUT2D eigenvalue weighted by atomic mass is 32.2. The highest BCUT2D eigenvalue weighted by molar-refractivity contribution is 7.91. The molecular formula is C33H43N3O5S2. The van der Waals surface area contributed by atoms with Crippen molar-refractivity contribution in [1.29, 1.82) is 5.26 Å². The number of carbonyl (C=O) groups is 2. The lowest BCUT2D eigenvalue weighted by atomic mass is 9.33. The molecule has 2 N–H and O–H groups in total. The Bertz CT molecular complexity index is 1640. The van der Waals surface area contributed by atoms with Crippen LogP contribution in [0.15, 0.2) is 39.2 Å². The third-order valence-corrected chi connectivity index (χ3v) is 16.1. The first-order valence-corrected chi connectivity index (χ1v) is 17.7. The van der Waals surface area contributed by atoms with Gasteiger partial charge in [-0.2, -0.15) is 5.26 Å². The van der Waals surface area contributed by atoms with Gasteiger partial charge < -0.3 is 5.11 Å². The first-order valence-electron chi connectivity index (χ1n) is 15.3. The van der Waals surface area contributed by atoms with Crippen molar-refractivity contribution in [2.45, 2.75) is 109 Å². The summed E-state index contributed by atoms with van der Waals surface area (Å²) >= 11 is 1.06. The van der Waals surface area contributed by atoms with Crippen LogP contribution < -0.4 is 4.72 Å². The van der Waals surface area contributed by atoms with Gasteiger partial charge in [-0.25, -0.2) is 18.1 Å². The number of nitriles is 1. The summed E-state index contributed by atoms with van der Waals surface area (Å²) in [6.07, 6.45) is 9.41. The maximum absolute atomic E-state index is 14.6. The quantitative estimate of drug-likeness (QED) is 0.452. The second-order valence-corrected chi connectivity index (χ2v) is 18.6. The summed E-state index contributed by atoms with van der Waals surface area (Å²) in [6.45, 7) is 14.1. The smallest absolute Gasteiger partial charge is 0.268 e. The maximum Gasteiger partial charge on any atom is 0.268 e. The van der Waals surface area contributed by atoms with Crippen LogP contribution in [-0.4, -0.2) is 41.2 Å². The molecule has 10 heteroatoms. The van der Waals surface area contributed by atoms with Gasteiger partial charge in [0.05, 0.1) is 5.57 Å². The van der Waals surface area contributed by atoms with Crippen molar-refractivity contribution >= 4 is 32.9 Å². The number of nitrogens with zero attached hydrogens (tertiary/aromatic N) is 2. The molecule has 6 rings (SSSR count). The number of aromatic nitrogens is 1. The number of ketones is 2. The first kappa shape index (κ1) is 30.8. The molecule has 0 unspecified atom stereocenters. The molecular weight excluding hydrogens is 583 g/mol. The fourth-order valence-electron chi connectivity index (χ4n) is 10.6. The van der Waals surface area contributed by atoms with E-state index in [4.69, 9.17) is 0 Å². The van der Waals surface area contributed by atoms with Crippen LogP contribution >= 0.6 is 11.3 Å². The number of rotatable bonds is 3. The highest BCUT2D eigenvalue weighted by Gasteiger charge is 2.75. The zero-order valence-corrected chi connectivity index (χ0v) is 27.8. The number of aliphatic hydroxyl groups is 1. The van der Waals surface area contributed by atoms with Crippen molar-refractivity contribution in [3.63, 3.8) is 0 Å². The molecule has 1 heterocycles. The van der Waals surface area contributed by atoms with Crippen LogP contribution in [0.25, 0.3) is 0 Å². The standard InChI is InChI=1S/C33H43N3O5S2/c1-27(2)21-8-9-31(6)22(30(21,5)17-20(19-34)25(27)38)16-24(37)33(39)23-18-29(4,36-43(40,41)26-35-14-15-42-26)12-10-28(23,3)11-13-32(31,33)7/h14-17,21,23,36,39H,8-13,18H2,1-7H3/t21-,23+,28+,29-,30-,31+,32-,33+/m0/s1. The molecule has 5 aliphatic rings. The van der Waals surface area contributed by atoms with Gasteiger partial charge in [-0.1, -0.05) is 47.6 Å². The van der Waals surface area contributed by atoms with Crippen molar-refractivity contribution < 1.29 is 23.1 Å². The minimum atomic E-state index is -3.87. The number of nitrogens with one attached hydrogen (secondary N) is 1. The number of fused-ring (bicyclic) bond motifs is 7. The Labute approximate surface area is 259 Å². The van der Waals surface area contributed by atoms with Crippen LogP contribution in [0.2, 0.25) is 0 Å². The van der Waals surface area contributed by atoms with Gasteiger partial charge in [0.15, 0.2) is 11.6 Å². The second kappa shape index (κ2) is 8.96. The molecule has 0 aromatic carbocycles. The van der Waals surface area contributed by atoms with Crippen LogP contribution in [0, 0.1) is 50.2 Å². The molecule has 1 aromatic heterocycles. The van der Waals surface area contributed by atoms with E-state index in [1.165, 1.54) is 6.20 Å². The summed E-state index contributed by atoms with van der Waals surface area (Å²) in [7, 11) is -3.87. The summed E-state index contributed by atoms with van der Waals surface area (Å²) in [5, 5.41) is 24.6. The molecule has 8 atom stereocenters. The van der Waals surface area contributed by atoms with Crippen molar-refractivity contribution in [1.82, 2.24) is 9.71 Å². The average molecular weight is 626 g/mol. The maximum atomic E-state index is 14.6. The highest BCUT2D eigenvalue weighted by Crippen LogP contribution is 2.75. The Hall–Kier alpha value is -2.19. The lowest BCUT2D eigenvalue weighted by Gasteiger charge is -2.71. The van der Waals surface area contributed by atoms with Crippen molar-refractivity contribution in [3.05, 3.63) is 34.9 Å². The molecule has 3 fully saturated rings. The average Bonchev–Trinajstić information content (AvgIpc) is 3.47. The molecule has 0 saturated heterocycles. The van der Waals surface area contributed by atoms with Crippen LogP contribution in [-0.2, 0) is 19.6 Å². The van der Waals surface area contributed by atoms with Crippen LogP contribution in [0.4, 0.5) is 0 Å². The Morgan fingerprint density at radius 3 is 2.33 bits per heavy atom. The largest absolute Gasteiger partial charge is 0.381 e. The van der Waals surface area contributed by atoms with Gasteiger partial charge in [0.2, 0.25) is 4.34 Å². The summed E-state index contributed by atoms with van der Waals surface area (Å²) in [6, 6.07) is 2.13. The van der Waals surface area contributed by atoms with E-state index in [0.717, 1.165) is 29.8 Å². The molecule has 0 radical (unpaired) electrons. The van der Waals surface area contributed by atoms with E-state index in [1.54, 1.807) is 17.5 Å². The fraction of sp³-hybridized carbons (Fsp3) is 0.697. The summed E-state index contributed by atoms with van der Waals surface area (Å²) in [5.74, 6) is -1.05. The minimum absolute atomic E-state index is 0.00627. The number of allylic oxidation sites excluding steroid dienone is 3. The molecule has 0 aliphatic heterocycles. The number of thiazole rings is 1. The summed E-state index contributed by atoms with van der Waals surface area (Å²) in [5.41, 5.74) is -4.74. The number of hydrogen-bond donors (Lipinski definition) is 2. The third-order valence-electron chi connectivity index (χ3n) is 13.3. The van der Waals surface area contributed by atoms with Crippen LogP contribution in [0.5, 0.6) is 0 Å². The molecule has 3 saturated carbocycles. The molecule has 43 heavy (non-hydrogen) atoms. The topological polar surface area (TPSA) is 137 Å². The predicted octanol–water partition coefficient (Wildman–Crippen LogP) is 5.51. The van der Waals surface area contributed by atoms with Gasteiger partial charge in [-0.05, 0) is 80.3 Å². The monoisotopic (exact) mass is 625 g/mol. The second-order valence-electron chi connectivity index (χ2n) is 15.8. The molecule has 0 amide bonds. The van der Waals surface area contributed by atoms with E-state index in [0.29, 0.717) is 32.1 Å². The number of sulfonamides is 1. The van der Waals surface area contributed by atoms with Crippen LogP contribution in [0.3, 0.4) is 0 Å². The molecule has 0 spiro atoms. The number of Topliss-reactive ketones (excluding diaryl/α,β-unsaturated/α-hetero) is 1. The summed E-state index contributed by atoms with van der Waals surface area (Å²) in [4.78, 5) is 31.9. The minimum Gasteiger partial charge on any atom is -0.381 e. The van der Waals surface area contributed by atoms with E-state index in [-0.39, 0.29) is 32.8 Å². The fourth-order valence-corrected chi connectivity index (χ4v) is 12.8. The van der Waals surface area contributed by atoms with E-state index in [9.17, 15) is 28.4 Å². The molecule has 0 bridgehead atoms.